The van der Waals surface area contributed by atoms with Crippen LogP contribution in [-0.2, 0) is 10.8 Å². The molecule has 9 aromatic rings. The Labute approximate surface area is 335 Å². The number of benzene rings is 9. The minimum atomic E-state index is -0.581. The molecule has 0 N–H and O–H groups in total. The molecule has 57 heavy (non-hydrogen) atoms. The number of rotatable bonds is 6. The van der Waals surface area contributed by atoms with Crippen molar-refractivity contribution in [3.63, 3.8) is 0 Å². The van der Waals surface area contributed by atoms with Crippen molar-refractivity contribution in [3.05, 3.63) is 246 Å². The maximum absolute atomic E-state index is 2.49. The molecule has 0 saturated carbocycles. The predicted molar refractivity (Wildman–Crippen MR) is 239 cm³/mol. The largest absolute Gasteiger partial charge is 0.310 e. The second-order valence-corrected chi connectivity index (χ2v) is 16.0. The summed E-state index contributed by atoms with van der Waals surface area (Å²) in [5.41, 5.74) is 18.3. The summed E-state index contributed by atoms with van der Waals surface area (Å²) in [4.78, 5) is 2.46. The Kier molecular flexibility index (Phi) is 7.50. The number of fused-ring (bicyclic) bond motifs is 8. The van der Waals surface area contributed by atoms with Crippen molar-refractivity contribution in [2.75, 3.05) is 4.90 Å². The lowest BCUT2D eigenvalue weighted by molar-refractivity contribution is 0.660. The Morgan fingerprint density at radius 1 is 0.333 bits per heavy atom. The van der Waals surface area contributed by atoms with Gasteiger partial charge in [0.1, 0.15) is 0 Å². The topological polar surface area (TPSA) is 3.24 Å². The molecule has 2 aliphatic rings. The molecule has 0 atom stereocenters. The molecular weight excluding hydrogens is 687 g/mol. The summed E-state index contributed by atoms with van der Waals surface area (Å²) in [6.45, 7) is 4.73. The highest BCUT2D eigenvalue weighted by atomic mass is 15.1. The monoisotopic (exact) mass is 727 g/mol. The summed E-state index contributed by atoms with van der Waals surface area (Å²) in [5.74, 6) is 0. The molecule has 1 nitrogen and oxygen atoms in total. The van der Waals surface area contributed by atoms with Gasteiger partial charge in [0.05, 0.1) is 5.41 Å². The molecule has 0 radical (unpaired) electrons. The summed E-state index contributed by atoms with van der Waals surface area (Å²) in [6, 6.07) is 78.8. The quantitative estimate of drug-likeness (QED) is 0.165. The molecule has 0 fully saturated rings. The standard InChI is InChI=1S/C56H41N/c1-55(2)51-30-18-17-28-45(51)46-33-31-42(35-52(46)55)57(41-25-13-6-14-26-41)43-32-34-47-50-37-49(38-19-7-3-8-20-38)44-27-15-16-29-48(44)54(50)56(53(47)36-43,39-21-9-4-10-22-39)40-23-11-5-12-24-40/h3-37H,1-2H3. The normalized spacial score (nSPS) is 14.1. The molecular formula is C56H41N. The first-order valence-corrected chi connectivity index (χ1v) is 20.0. The summed E-state index contributed by atoms with van der Waals surface area (Å²) in [6.07, 6.45) is 0. The van der Waals surface area contributed by atoms with E-state index in [1.54, 1.807) is 0 Å². The smallest absolute Gasteiger partial charge is 0.0720 e. The highest BCUT2D eigenvalue weighted by Gasteiger charge is 2.48. The van der Waals surface area contributed by atoms with Crippen LogP contribution in [0.25, 0.3) is 44.2 Å². The van der Waals surface area contributed by atoms with Crippen LogP contribution in [-0.4, -0.2) is 0 Å². The van der Waals surface area contributed by atoms with Gasteiger partial charge in [-0.15, -0.1) is 0 Å². The molecule has 0 aromatic heterocycles. The van der Waals surface area contributed by atoms with E-state index in [9.17, 15) is 0 Å². The first-order chi connectivity index (χ1) is 28.0. The zero-order chi connectivity index (χ0) is 38.1. The van der Waals surface area contributed by atoms with Crippen LogP contribution < -0.4 is 4.90 Å². The number of para-hydroxylation sites is 1. The van der Waals surface area contributed by atoms with Crippen LogP contribution in [0.4, 0.5) is 17.1 Å². The lowest BCUT2D eigenvalue weighted by Gasteiger charge is -2.36. The van der Waals surface area contributed by atoms with Crippen molar-refractivity contribution in [1.29, 1.82) is 0 Å². The van der Waals surface area contributed by atoms with E-state index in [0.717, 1.165) is 17.1 Å². The molecule has 0 amide bonds. The highest BCUT2D eigenvalue weighted by Crippen LogP contribution is 2.60. The summed E-state index contributed by atoms with van der Waals surface area (Å²) >= 11 is 0. The maximum atomic E-state index is 2.49. The third-order valence-electron chi connectivity index (χ3n) is 12.7. The van der Waals surface area contributed by atoms with E-state index in [4.69, 9.17) is 0 Å². The molecule has 0 saturated heterocycles. The van der Waals surface area contributed by atoms with Crippen LogP contribution in [0.3, 0.4) is 0 Å². The van der Waals surface area contributed by atoms with E-state index in [-0.39, 0.29) is 5.41 Å². The van der Waals surface area contributed by atoms with Gasteiger partial charge in [0, 0.05) is 22.5 Å². The average molecular weight is 728 g/mol. The number of hydrogen-bond donors (Lipinski definition) is 0. The molecule has 1 heteroatoms. The van der Waals surface area contributed by atoms with Gasteiger partial charge in [-0.25, -0.2) is 0 Å². The molecule has 11 rings (SSSR count). The molecule has 0 spiro atoms. The zero-order valence-corrected chi connectivity index (χ0v) is 32.2. The minimum Gasteiger partial charge on any atom is -0.310 e. The van der Waals surface area contributed by atoms with Crippen LogP contribution in [0.1, 0.15) is 47.2 Å². The van der Waals surface area contributed by atoms with Gasteiger partial charge in [-0.05, 0) is 120 Å². The minimum absolute atomic E-state index is 0.114. The van der Waals surface area contributed by atoms with Crippen molar-refractivity contribution >= 4 is 27.8 Å². The first kappa shape index (κ1) is 33.4. The Hall–Kier alpha value is -6.96. The van der Waals surface area contributed by atoms with Gasteiger partial charge in [-0.2, -0.15) is 0 Å². The number of anilines is 3. The van der Waals surface area contributed by atoms with Crippen LogP contribution in [0.5, 0.6) is 0 Å². The molecule has 270 valence electrons. The Balaban J connectivity index is 1.22. The van der Waals surface area contributed by atoms with Gasteiger partial charge in [0.15, 0.2) is 0 Å². The molecule has 0 bridgehead atoms. The second kappa shape index (κ2) is 12.8. The second-order valence-electron chi connectivity index (χ2n) is 16.0. The van der Waals surface area contributed by atoms with Gasteiger partial charge in [0.2, 0.25) is 0 Å². The van der Waals surface area contributed by atoms with E-state index in [1.165, 1.54) is 77.5 Å². The predicted octanol–water partition coefficient (Wildman–Crippen LogP) is 14.6. The SMILES string of the molecule is CC1(C)c2ccccc2-c2ccc(N(c3ccccc3)c3ccc4c(c3)C(c3ccccc3)(c3ccccc3)c3c-4cc(-c4ccccc4)c4ccccc34)cc21. The van der Waals surface area contributed by atoms with Crippen LogP contribution >= 0.6 is 0 Å². The number of nitrogens with zero attached hydrogens (tertiary/aromatic N) is 1. The lowest BCUT2D eigenvalue weighted by Crippen LogP contribution is -2.29. The Morgan fingerprint density at radius 2 is 0.825 bits per heavy atom. The third kappa shape index (κ3) is 4.89. The molecule has 2 aliphatic carbocycles. The highest BCUT2D eigenvalue weighted by molar-refractivity contribution is 6.07. The fourth-order valence-electron chi connectivity index (χ4n) is 10.2. The van der Waals surface area contributed by atoms with Gasteiger partial charge in [-0.1, -0.05) is 184 Å². The molecule has 9 aromatic carbocycles. The van der Waals surface area contributed by atoms with Crippen molar-refractivity contribution < 1.29 is 0 Å². The Morgan fingerprint density at radius 3 is 1.47 bits per heavy atom. The fraction of sp³-hybridized carbons (Fsp3) is 0.0714. The molecule has 0 heterocycles. The lowest BCUT2D eigenvalue weighted by atomic mass is 9.66. The maximum Gasteiger partial charge on any atom is 0.0720 e. The Bertz CT molecular complexity index is 2920. The van der Waals surface area contributed by atoms with Crippen molar-refractivity contribution in [3.8, 4) is 33.4 Å². The zero-order valence-electron chi connectivity index (χ0n) is 32.2. The van der Waals surface area contributed by atoms with Gasteiger partial charge in [-0.3, -0.25) is 0 Å². The van der Waals surface area contributed by atoms with Crippen molar-refractivity contribution in [1.82, 2.24) is 0 Å². The average Bonchev–Trinajstić information content (AvgIpc) is 3.70. The van der Waals surface area contributed by atoms with Gasteiger partial charge in [0.25, 0.3) is 0 Å². The van der Waals surface area contributed by atoms with Crippen molar-refractivity contribution in [2.24, 2.45) is 0 Å². The van der Waals surface area contributed by atoms with E-state index in [1.807, 2.05) is 0 Å². The van der Waals surface area contributed by atoms with E-state index in [2.05, 4.69) is 231 Å². The summed E-state index contributed by atoms with van der Waals surface area (Å²) in [7, 11) is 0. The van der Waals surface area contributed by atoms with Crippen molar-refractivity contribution in [2.45, 2.75) is 24.7 Å². The fourth-order valence-corrected chi connectivity index (χ4v) is 10.2. The van der Waals surface area contributed by atoms with Gasteiger partial charge < -0.3 is 4.90 Å². The summed E-state index contributed by atoms with van der Waals surface area (Å²) in [5, 5.41) is 2.54. The molecule has 0 aliphatic heterocycles. The van der Waals surface area contributed by atoms with Crippen LogP contribution in [0, 0.1) is 0 Å². The van der Waals surface area contributed by atoms with E-state index < -0.39 is 5.41 Å². The van der Waals surface area contributed by atoms with Crippen LogP contribution in [0.2, 0.25) is 0 Å². The molecule has 0 unspecified atom stereocenters. The van der Waals surface area contributed by atoms with Crippen LogP contribution in [0.15, 0.2) is 212 Å². The van der Waals surface area contributed by atoms with E-state index >= 15 is 0 Å². The van der Waals surface area contributed by atoms with E-state index in [0.29, 0.717) is 0 Å². The summed E-state index contributed by atoms with van der Waals surface area (Å²) < 4.78 is 0. The first-order valence-electron chi connectivity index (χ1n) is 20.0. The van der Waals surface area contributed by atoms with Gasteiger partial charge >= 0.3 is 0 Å². The third-order valence-corrected chi connectivity index (χ3v) is 12.7. The number of hydrogen-bond acceptors (Lipinski definition) is 1.